The van der Waals surface area contributed by atoms with E-state index in [1.807, 2.05) is 0 Å². The van der Waals surface area contributed by atoms with Crippen LogP contribution in [0.4, 0.5) is 0 Å². The Hall–Kier alpha value is -2.05. The van der Waals surface area contributed by atoms with Crippen LogP contribution in [0.25, 0.3) is 0 Å². The maximum absolute atomic E-state index is 12.5. The highest BCUT2D eigenvalue weighted by Gasteiger charge is 2.54. The van der Waals surface area contributed by atoms with Crippen LogP contribution in [0.1, 0.15) is 46.5 Å². The Balaban J connectivity index is 3.06. The number of esters is 2. The third-order valence-electron chi connectivity index (χ3n) is 3.93. The molecule has 0 spiro atoms. The molecule has 0 bridgehead atoms. The number of Topliss-reactive ketones (excluding diaryl/α,β-unsaturated/α-hetero) is 3. The molecular weight excluding hydrogens is 304 g/mol. The van der Waals surface area contributed by atoms with Crippen molar-refractivity contribution in [2.24, 2.45) is 11.3 Å². The van der Waals surface area contributed by atoms with Gasteiger partial charge in [-0.2, -0.15) is 0 Å². The molecule has 0 radical (unpaired) electrons. The fourth-order valence-corrected chi connectivity index (χ4v) is 2.65. The second-order valence-corrected chi connectivity index (χ2v) is 5.58. The van der Waals surface area contributed by atoms with E-state index in [2.05, 4.69) is 0 Å². The molecule has 0 aliphatic heterocycles. The molecule has 7 heteroatoms. The van der Waals surface area contributed by atoms with Gasteiger partial charge in [0.15, 0.2) is 5.78 Å². The Morgan fingerprint density at radius 2 is 1.74 bits per heavy atom. The molecular formula is C16H22O7. The zero-order valence-corrected chi connectivity index (χ0v) is 13.7. The van der Waals surface area contributed by atoms with Gasteiger partial charge in [-0.25, -0.2) is 0 Å². The summed E-state index contributed by atoms with van der Waals surface area (Å²) in [6.07, 6.45) is -0.918. The van der Waals surface area contributed by atoms with E-state index in [0.29, 0.717) is 0 Å². The zero-order chi connectivity index (χ0) is 17.6. The van der Waals surface area contributed by atoms with E-state index in [0.717, 1.165) is 0 Å². The fraction of sp³-hybridized carbons (Fsp3) is 0.688. The molecule has 0 heterocycles. The molecule has 2 unspecified atom stereocenters. The van der Waals surface area contributed by atoms with Gasteiger partial charge in [-0.05, 0) is 27.2 Å². The molecule has 1 rings (SSSR count). The van der Waals surface area contributed by atoms with Crippen molar-refractivity contribution in [2.45, 2.75) is 46.5 Å². The molecule has 0 aromatic rings. The van der Waals surface area contributed by atoms with Gasteiger partial charge in [-0.15, -0.1) is 0 Å². The van der Waals surface area contributed by atoms with E-state index in [9.17, 15) is 24.0 Å². The molecule has 1 aliphatic rings. The fourth-order valence-electron chi connectivity index (χ4n) is 2.65. The third kappa shape index (κ3) is 4.24. The Kier molecular flexibility index (Phi) is 6.60. The van der Waals surface area contributed by atoms with E-state index in [4.69, 9.17) is 9.47 Å². The molecule has 0 aromatic heterocycles. The van der Waals surface area contributed by atoms with E-state index in [-0.39, 0.29) is 31.8 Å². The number of hydrogen-bond donors (Lipinski definition) is 0. The summed E-state index contributed by atoms with van der Waals surface area (Å²) in [5.74, 6) is -4.00. The number of carbonyl (C=O) groups excluding carboxylic acids is 5. The van der Waals surface area contributed by atoms with Gasteiger partial charge >= 0.3 is 11.9 Å². The quantitative estimate of drug-likeness (QED) is 0.508. The average molecular weight is 326 g/mol. The summed E-state index contributed by atoms with van der Waals surface area (Å²) < 4.78 is 9.73. The maximum atomic E-state index is 12.5. The number of rotatable bonds is 7. The molecule has 1 aliphatic carbocycles. The van der Waals surface area contributed by atoms with Crippen LogP contribution >= 0.6 is 0 Å². The van der Waals surface area contributed by atoms with Crippen molar-refractivity contribution in [1.82, 2.24) is 0 Å². The standard InChI is InChI=1S/C16H22O7/c1-4-22-14(20)11-8-13(19)16(9-12(11)18,7-6-10(3)17)15(21)23-5-2/h11H,4-9H2,1-3H3. The lowest BCUT2D eigenvalue weighted by molar-refractivity contribution is -0.170. The SMILES string of the molecule is CCOC(=O)C1CC(=O)C(CCC(C)=O)(C(=O)OCC)CC1=O. The first-order valence-electron chi connectivity index (χ1n) is 7.67. The highest BCUT2D eigenvalue weighted by Crippen LogP contribution is 2.39. The highest BCUT2D eigenvalue weighted by molar-refractivity contribution is 6.15. The van der Waals surface area contributed by atoms with Gasteiger partial charge in [0.2, 0.25) is 0 Å². The van der Waals surface area contributed by atoms with Gasteiger partial charge in [0.25, 0.3) is 0 Å². The molecule has 0 saturated heterocycles. The van der Waals surface area contributed by atoms with E-state index < -0.39 is 47.7 Å². The zero-order valence-electron chi connectivity index (χ0n) is 13.7. The molecule has 7 nitrogen and oxygen atoms in total. The molecule has 1 saturated carbocycles. The molecule has 2 atom stereocenters. The molecule has 0 aromatic carbocycles. The minimum Gasteiger partial charge on any atom is -0.465 e. The first-order valence-corrected chi connectivity index (χ1v) is 7.67. The predicted octanol–water partition coefficient (Wildman–Crippen LogP) is 1.02. The summed E-state index contributed by atoms with van der Waals surface area (Å²) in [5, 5.41) is 0. The lowest BCUT2D eigenvalue weighted by atomic mass is 9.66. The third-order valence-corrected chi connectivity index (χ3v) is 3.93. The molecule has 23 heavy (non-hydrogen) atoms. The Morgan fingerprint density at radius 3 is 2.26 bits per heavy atom. The predicted molar refractivity (Wildman–Crippen MR) is 78.4 cm³/mol. The molecule has 0 amide bonds. The molecule has 128 valence electrons. The molecule has 0 N–H and O–H groups in total. The molecule has 1 fully saturated rings. The topological polar surface area (TPSA) is 104 Å². The van der Waals surface area contributed by atoms with Crippen molar-refractivity contribution in [3.63, 3.8) is 0 Å². The largest absolute Gasteiger partial charge is 0.465 e. The minimum atomic E-state index is -1.66. The Bertz CT molecular complexity index is 523. The van der Waals surface area contributed by atoms with E-state index >= 15 is 0 Å². The summed E-state index contributed by atoms with van der Waals surface area (Å²) in [4.78, 5) is 60.1. The lowest BCUT2D eigenvalue weighted by Gasteiger charge is -2.34. The van der Waals surface area contributed by atoms with E-state index in [1.165, 1.54) is 6.92 Å². The van der Waals surface area contributed by atoms with Crippen LogP contribution in [0, 0.1) is 11.3 Å². The van der Waals surface area contributed by atoms with Crippen LogP contribution in [0.5, 0.6) is 0 Å². The Morgan fingerprint density at radius 1 is 1.13 bits per heavy atom. The summed E-state index contributed by atoms with van der Waals surface area (Å²) in [6, 6.07) is 0. The minimum absolute atomic E-state index is 0.0120. The van der Waals surface area contributed by atoms with Crippen LogP contribution in [-0.4, -0.2) is 42.5 Å². The van der Waals surface area contributed by atoms with Crippen molar-refractivity contribution in [3.05, 3.63) is 0 Å². The van der Waals surface area contributed by atoms with Gasteiger partial charge in [-0.3, -0.25) is 19.2 Å². The van der Waals surface area contributed by atoms with Gasteiger partial charge in [0.05, 0.1) is 13.2 Å². The van der Waals surface area contributed by atoms with Crippen molar-refractivity contribution in [3.8, 4) is 0 Å². The van der Waals surface area contributed by atoms with Crippen LogP contribution < -0.4 is 0 Å². The van der Waals surface area contributed by atoms with Gasteiger partial charge in [-0.1, -0.05) is 0 Å². The van der Waals surface area contributed by atoms with Crippen molar-refractivity contribution in [2.75, 3.05) is 13.2 Å². The van der Waals surface area contributed by atoms with Crippen molar-refractivity contribution < 1.29 is 33.4 Å². The number of ketones is 3. The van der Waals surface area contributed by atoms with Crippen LogP contribution in [0.2, 0.25) is 0 Å². The average Bonchev–Trinajstić information content (AvgIpc) is 2.48. The second-order valence-electron chi connectivity index (χ2n) is 5.58. The van der Waals surface area contributed by atoms with Gasteiger partial charge in [0.1, 0.15) is 22.9 Å². The van der Waals surface area contributed by atoms with Crippen LogP contribution in [0.3, 0.4) is 0 Å². The highest BCUT2D eigenvalue weighted by atomic mass is 16.5. The number of hydrogen-bond acceptors (Lipinski definition) is 7. The number of ether oxygens (including phenoxy) is 2. The van der Waals surface area contributed by atoms with Crippen molar-refractivity contribution in [1.29, 1.82) is 0 Å². The summed E-state index contributed by atoms with van der Waals surface area (Å²) in [6.45, 7) is 4.69. The van der Waals surface area contributed by atoms with Crippen LogP contribution in [0.15, 0.2) is 0 Å². The normalized spacial score (nSPS) is 24.2. The summed E-state index contributed by atoms with van der Waals surface area (Å²) in [5.41, 5.74) is -1.66. The first-order chi connectivity index (χ1) is 10.8. The van der Waals surface area contributed by atoms with Gasteiger partial charge in [0, 0.05) is 19.3 Å². The number of carbonyl (C=O) groups is 5. The summed E-state index contributed by atoms with van der Waals surface area (Å²) >= 11 is 0. The van der Waals surface area contributed by atoms with Gasteiger partial charge < -0.3 is 14.3 Å². The summed E-state index contributed by atoms with van der Waals surface area (Å²) in [7, 11) is 0. The lowest BCUT2D eigenvalue weighted by Crippen LogP contribution is -2.50. The second kappa shape index (κ2) is 7.99. The Labute approximate surface area is 134 Å². The van der Waals surface area contributed by atoms with Crippen LogP contribution in [-0.2, 0) is 33.4 Å². The smallest absolute Gasteiger partial charge is 0.320 e. The monoisotopic (exact) mass is 326 g/mol. The first kappa shape index (κ1) is 19.0. The van der Waals surface area contributed by atoms with E-state index in [1.54, 1.807) is 13.8 Å². The maximum Gasteiger partial charge on any atom is 0.320 e. The van der Waals surface area contributed by atoms with Crippen molar-refractivity contribution >= 4 is 29.3 Å².